The molecule has 0 heterocycles. The zero-order chi connectivity index (χ0) is 19.1. The number of nitrogens with zero attached hydrogens (tertiary/aromatic N) is 1. The first-order valence-corrected chi connectivity index (χ1v) is 8.79. The van der Waals surface area contributed by atoms with Gasteiger partial charge in [-0.15, -0.1) is 0 Å². The van der Waals surface area contributed by atoms with Gasteiger partial charge in [0.1, 0.15) is 11.5 Å². The first kappa shape index (κ1) is 19.8. The van der Waals surface area contributed by atoms with E-state index in [2.05, 4.69) is 10.5 Å². The Morgan fingerprint density at radius 1 is 1.04 bits per heavy atom. The quantitative estimate of drug-likeness (QED) is 0.565. The molecule has 0 radical (unpaired) electrons. The summed E-state index contributed by atoms with van der Waals surface area (Å²) in [6, 6.07) is 12.1. The molecule has 5 nitrogen and oxygen atoms in total. The first-order chi connectivity index (χ1) is 12.3. The van der Waals surface area contributed by atoms with Gasteiger partial charge in [-0.05, 0) is 64.1 Å². The number of amides is 1. The van der Waals surface area contributed by atoms with Crippen LogP contribution in [0.1, 0.15) is 43.6 Å². The molecule has 0 aromatic heterocycles. The summed E-state index contributed by atoms with van der Waals surface area (Å²) in [6.07, 6.45) is 1.62. The third kappa shape index (κ3) is 6.08. The minimum Gasteiger partial charge on any atom is -0.491 e. The molecule has 0 atom stereocenters. The first-order valence-electron chi connectivity index (χ1n) is 8.41. The smallest absolute Gasteiger partial charge is 0.271 e. The molecule has 2 aromatic rings. The average molecular weight is 375 g/mol. The van der Waals surface area contributed by atoms with E-state index >= 15 is 0 Å². The van der Waals surface area contributed by atoms with Crippen molar-refractivity contribution in [2.75, 3.05) is 0 Å². The van der Waals surface area contributed by atoms with Gasteiger partial charge in [-0.3, -0.25) is 4.79 Å². The second-order valence-corrected chi connectivity index (χ2v) is 6.68. The van der Waals surface area contributed by atoms with Gasteiger partial charge in [-0.1, -0.05) is 11.6 Å². The van der Waals surface area contributed by atoms with Crippen LogP contribution in [0.4, 0.5) is 0 Å². The molecule has 0 spiro atoms. The Morgan fingerprint density at radius 2 is 1.69 bits per heavy atom. The van der Waals surface area contributed by atoms with Gasteiger partial charge in [0.2, 0.25) is 0 Å². The molecular weight excluding hydrogens is 352 g/mol. The van der Waals surface area contributed by atoms with E-state index in [1.807, 2.05) is 45.9 Å². The Hall–Kier alpha value is -2.53. The summed E-state index contributed by atoms with van der Waals surface area (Å²) in [4.78, 5) is 12.1. The molecule has 1 amide bonds. The van der Waals surface area contributed by atoms with E-state index in [9.17, 15) is 4.79 Å². The van der Waals surface area contributed by atoms with Gasteiger partial charge in [0.15, 0.2) is 0 Å². The average Bonchev–Trinajstić information content (AvgIpc) is 2.56. The van der Waals surface area contributed by atoms with E-state index < -0.39 is 0 Å². The fourth-order valence-electron chi connectivity index (χ4n) is 2.15. The van der Waals surface area contributed by atoms with E-state index in [1.165, 1.54) is 0 Å². The highest BCUT2D eigenvalue weighted by atomic mass is 35.5. The zero-order valence-corrected chi connectivity index (χ0v) is 16.1. The maximum atomic E-state index is 12.1. The molecule has 2 rings (SSSR count). The van der Waals surface area contributed by atoms with Crippen molar-refractivity contribution in [3.8, 4) is 11.5 Å². The molecule has 26 heavy (non-hydrogen) atoms. The van der Waals surface area contributed by atoms with Gasteiger partial charge >= 0.3 is 0 Å². The molecule has 138 valence electrons. The van der Waals surface area contributed by atoms with E-state index in [4.69, 9.17) is 21.1 Å². The topological polar surface area (TPSA) is 59.9 Å². The van der Waals surface area contributed by atoms with Crippen LogP contribution < -0.4 is 14.9 Å². The van der Waals surface area contributed by atoms with Gasteiger partial charge in [-0.25, -0.2) is 5.43 Å². The molecule has 0 aliphatic carbocycles. The Bertz CT molecular complexity index is 771. The highest BCUT2D eigenvalue weighted by molar-refractivity contribution is 6.30. The number of benzene rings is 2. The molecule has 0 saturated carbocycles. The van der Waals surface area contributed by atoms with E-state index in [0.29, 0.717) is 16.3 Å². The van der Waals surface area contributed by atoms with E-state index in [1.54, 1.807) is 30.5 Å². The number of nitrogens with one attached hydrogen (secondary N) is 1. The zero-order valence-electron chi connectivity index (χ0n) is 15.3. The van der Waals surface area contributed by atoms with Gasteiger partial charge in [0, 0.05) is 22.2 Å². The molecule has 0 aliphatic rings. The predicted octanol–water partition coefficient (Wildman–Crippen LogP) is 4.68. The van der Waals surface area contributed by atoms with Crippen LogP contribution in [0.5, 0.6) is 11.5 Å². The van der Waals surface area contributed by atoms with Crippen LogP contribution in [0, 0.1) is 0 Å². The lowest BCUT2D eigenvalue weighted by Crippen LogP contribution is -2.17. The second kappa shape index (κ2) is 9.25. The summed E-state index contributed by atoms with van der Waals surface area (Å²) in [5, 5.41) is 4.59. The number of hydrogen-bond acceptors (Lipinski definition) is 4. The number of ether oxygens (including phenoxy) is 2. The molecule has 1 N–H and O–H groups in total. The minimum atomic E-state index is -0.316. The number of carbonyl (C=O) groups excluding carboxylic acids is 1. The number of rotatable bonds is 7. The molecule has 2 aromatic carbocycles. The van der Waals surface area contributed by atoms with Crippen molar-refractivity contribution in [2.24, 2.45) is 5.10 Å². The Morgan fingerprint density at radius 3 is 2.31 bits per heavy atom. The summed E-state index contributed by atoms with van der Waals surface area (Å²) in [7, 11) is 0. The lowest BCUT2D eigenvalue weighted by atomic mass is 10.2. The summed E-state index contributed by atoms with van der Waals surface area (Å²) in [6.45, 7) is 7.81. The number of hydrazone groups is 1. The van der Waals surface area contributed by atoms with E-state index in [0.717, 1.165) is 11.3 Å². The number of carbonyl (C=O) groups is 1. The monoisotopic (exact) mass is 374 g/mol. The predicted molar refractivity (Wildman–Crippen MR) is 104 cm³/mol. The van der Waals surface area contributed by atoms with Crippen molar-refractivity contribution in [2.45, 2.75) is 39.9 Å². The van der Waals surface area contributed by atoms with Crippen molar-refractivity contribution in [1.82, 2.24) is 5.43 Å². The van der Waals surface area contributed by atoms with Crippen LogP contribution in [-0.4, -0.2) is 24.3 Å². The largest absolute Gasteiger partial charge is 0.491 e. The molecular formula is C20H23ClN2O3. The van der Waals surface area contributed by atoms with Crippen LogP contribution in [0.3, 0.4) is 0 Å². The second-order valence-electron chi connectivity index (χ2n) is 6.24. The fourth-order valence-corrected chi connectivity index (χ4v) is 2.28. The van der Waals surface area contributed by atoms with Crippen molar-refractivity contribution in [3.63, 3.8) is 0 Å². The van der Waals surface area contributed by atoms with Crippen molar-refractivity contribution >= 4 is 23.7 Å². The molecule has 0 unspecified atom stereocenters. The highest BCUT2D eigenvalue weighted by Crippen LogP contribution is 2.25. The van der Waals surface area contributed by atoms with Crippen LogP contribution in [-0.2, 0) is 0 Å². The SMILES string of the molecule is CC(C)Oc1ccc(/C=N\NC(=O)c2ccc(Cl)cc2)c(OC(C)C)c1. The summed E-state index contributed by atoms with van der Waals surface area (Å²) in [5.41, 5.74) is 3.71. The third-order valence-electron chi connectivity index (χ3n) is 3.20. The Balaban J connectivity index is 2.12. The van der Waals surface area contributed by atoms with Gasteiger partial charge in [0.05, 0.1) is 18.4 Å². The molecule has 0 saturated heterocycles. The van der Waals surface area contributed by atoms with Crippen molar-refractivity contribution in [1.29, 1.82) is 0 Å². The summed E-state index contributed by atoms with van der Waals surface area (Å²) >= 11 is 5.82. The molecule has 0 bridgehead atoms. The van der Waals surface area contributed by atoms with Crippen LogP contribution in [0.2, 0.25) is 5.02 Å². The minimum absolute atomic E-state index is 0.000100. The molecule has 6 heteroatoms. The Labute approximate surface area is 159 Å². The van der Waals surface area contributed by atoms with Crippen LogP contribution >= 0.6 is 11.6 Å². The standard InChI is InChI=1S/C20H23ClN2O3/c1-13(2)25-18-10-7-16(19(11-18)26-14(3)4)12-22-23-20(24)15-5-8-17(21)9-6-15/h5-14H,1-4H3,(H,23,24)/b22-12-. The number of hydrogen-bond donors (Lipinski definition) is 1. The highest BCUT2D eigenvalue weighted by Gasteiger charge is 2.08. The summed E-state index contributed by atoms with van der Waals surface area (Å²) < 4.78 is 11.5. The van der Waals surface area contributed by atoms with Crippen molar-refractivity contribution < 1.29 is 14.3 Å². The third-order valence-corrected chi connectivity index (χ3v) is 3.45. The molecule has 0 aliphatic heterocycles. The van der Waals surface area contributed by atoms with Crippen LogP contribution in [0.25, 0.3) is 0 Å². The van der Waals surface area contributed by atoms with E-state index in [-0.39, 0.29) is 18.1 Å². The number of halogens is 1. The maximum absolute atomic E-state index is 12.1. The molecule has 0 fully saturated rings. The maximum Gasteiger partial charge on any atom is 0.271 e. The van der Waals surface area contributed by atoms with Gasteiger partial charge in [-0.2, -0.15) is 5.10 Å². The van der Waals surface area contributed by atoms with Gasteiger partial charge < -0.3 is 9.47 Å². The Kier molecular flexibility index (Phi) is 7.04. The lowest BCUT2D eigenvalue weighted by Gasteiger charge is -2.15. The van der Waals surface area contributed by atoms with Gasteiger partial charge in [0.25, 0.3) is 5.91 Å². The fraction of sp³-hybridized carbons (Fsp3) is 0.300. The lowest BCUT2D eigenvalue weighted by molar-refractivity contribution is 0.0955. The summed E-state index contributed by atoms with van der Waals surface area (Å²) in [5.74, 6) is 1.05. The normalized spacial score (nSPS) is 11.2. The van der Waals surface area contributed by atoms with Crippen molar-refractivity contribution in [3.05, 3.63) is 58.6 Å². The van der Waals surface area contributed by atoms with Crippen LogP contribution in [0.15, 0.2) is 47.6 Å².